The topological polar surface area (TPSA) is 36.3 Å². The van der Waals surface area contributed by atoms with Crippen molar-refractivity contribution in [1.29, 1.82) is 5.26 Å². The summed E-state index contributed by atoms with van der Waals surface area (Å²) < 4.78 is 27.9. The van der Waals surface area contributed by atoms with E-state index in [4.69, 9.17) is 5.26 Å². The Hall–Kier alpha value is -0.730. The van der Waals surface area contributed by atoms with E-state index in [1.807, 2.05) is 4.90 Å². The number of hydrogen-bond acceptors (Lipinski definition) is 3. The molecular weight excluding hydrogens is 178 g/mol. The van der Waals surface area contributed by atoms with Gasteiger partial charge in [-0.15, -0.1) is 0 Å². The molecule has 1 unspecified atom stereocenters. The first-order valence-electron chi connectivity index (χ1n) is 4.20. The Bertz CT molecular complexity index is 205. The summed E-state index contributed by atoms with van der Waals surface area (Å²) in [6.45, 7) is 0.137. The van der Waals surface area contributed by atoms with Gasteiger partial charge in [0.25, 0.3) is 0 Å². The fourth-order valence-corrected chi connectivity index (χ4v) is 1.44. The largest absolute Gasteiger partial charge is 0.345 e. The summed E-state index contributed by atoms with van der Waals surface area (Å²) in [5.74, 6) is 0. The molecule has 0 N–H and O–H groups in total. The van der Waals surface area contributed by atoms with Crippen LogP contribution in [0.2, 0.25) is 0 Å². The number of ether oxygens (including phenoxy) is 1. The molecule has 0 aliphatic carbocycles. The number of halogens is 2. The highest BCUT2D eigenvalue weighted by molar-refractivity contribution is 4.92. The second-order valence-electron chi connectivity index (χ2n) is 3.11. The van der Waals surface area contributed by atoms with E-state index in [2.05, 4.69) is 10.8 Å². The normalized spacial score (nSPS) is 26.2. The molecule has 3 nitrogen and oxygen atoms in total. The van der Waals surface area contributed by atoms with Gasteiger partial charge in [0.15, 0.2) is 0 Å². The monoisotopic (exact) mass is 190 g/mol. The second-order valence-corrected chi connectivity index (χ2v) is 3.11. The summed E-state index contributed by atoms with van der Waals surface area (Å²) in [6.07, 6.45) is 0.159. The van der Waals surface area contributed by atoms with Crippen molar-refractivity contribution >= 4 is 0 Å². The molecule has 5 heteroatoms. The van der Waals surface area contributed by atoms with Crippen molar-refractivity contribution < 1.29 is 13.5 Å². The van der Waals surface area contributed by atoms with E-state index < -0.39 is 12.7 Å². The maximum absolute atomic E-state index is 11.8. The lowest BCUT2D eigenvalue weighted by molar-refractivity contribution is -0.158. The summed E-state index contributed by atoms with van der Waals surface area (Å²) in [7, 11) is 0. The molecule has 0 aromatic carbocycles. The molecule has 0 radical (unpaired) electrons. The maximum atomic E-state index is 11.8. The molecule has 2 atom stereocenters. The molecule has 13 heavy (non-hydrogen) atoms. The van der Waals surface area contributed by atoms with Gasteiger partial charge >= 0.3 is 6.61 Å². The van der Waals surface area contributed by atoms with Crippen LogP contribution in [0.3, 0.4) is 0 Å². The number of alkyl halides is 2. The van der Waals surface area contributed by atoms with Crippen molar-refractivity contribution in [2.75, 3.05) is 13.1 Å². The van der Waals surface area contributed by atoms with Gasteiger partial charge in [-0.3, -0.25) is 4.90 Å². The van der Waals surface area contributed by atoms with Crippen LogP contribution in [0.4, 0.5) is 8.78 Å². The molecule has 74 valence electrons. The van der Waals surface area contributed by atoms with Crippen molar-refractivity contribution in [2.24, 2.45) is 0 Å². The Morgan fingerprint density at radius 2 is 2.31 bits per heavy atom. The van der Waals surface area contributed by atoms with Gasteiger partial charge in [0, 0.05) is 13.1 Å². The molecule has 1 heterocycles. The summed E-state index contributed by atoms with van der Waals surface area (Å²) in [5.41, 5.74) is 0. The number of likely N-dealkylation sites (tertiary alicyclic amines) is 1. The van der Waals surface area contributed by atoms with Crippen molar-refractivity contribution in [1.82, 2.24) is 4.90 Å². The number of hydrogen-bond donors (Lipinski definition) is 0. The van der Waals surface area contributed by atoms with Crippen LogP contribution in [0.25, 0.3) is 0 Å². The lowest BCUT2D eigenvalue weighted by atomic mass is 10.3. The van der Waals surface area contributed by atoms with Crippen molar-refractivity contribution in [3.8, 4) is 6.07 Å². The molecular formula is C8H12F2N2O. The Morgan fingerprint density at radius 1 is 1.62 bits per heavy atom. The predicted octanol–water partition coefficient (Wildman–Crippen LogP) is 1.21. The van der Waals surface area contributed by atoms with Crippen LogP contribution in [-0.4, -0.2) is 36.7 Å². The zero-order valence-electron chi connectivity index (χ0n) is 7.41. The third-order valence-electron chi connectivity index (χ3n) is 2.21. The Labute approximate surface area is 75.9 Å². The first-order valence-corrected chi connectivity index (χ1v) is 4.20. The quantitative estimate of drug-likeness (QED) is 0.671. The van der Waals surface area contributed by atoms with E-state index in [0.29, 0.717) is 19.5 Å². The van der Waals surface area contributed by atoms with E-state index >= 15 is 0 Å². The molecule has 1 aliphatic heterocycles. The maximum Gasteiger partial charge on any atom is 0.345 e. The SMILES string of the molecule is CC(C#N)N1CC[C@H](OC(F)F)C1. The molecule has 0 aromatic rings. The average molecular weight is 190 g/mol. The first kappa shape index (κ1) is 10.4. The Balaban J connectivity index is 2.33. The Morgan fingerprint density at radius 3 is 2.85 bits per heavy atom. The highest BCUT2D eigenvalue weighted by Crippen LogP contribution is 2.17. The first-order chi connectivity index (χ1) is 6.13. The summed E-state index contributed by atoms with van der Waals surface area (Å²) >= 11 is 0. The molecule has 0 aromatic heterocycles. The average Bonchev–Trinajstić information content (AvgIpc) is 2.50. The number of nitrogens with zero attached hydrogens (tertiary/aromatic N) is 2. The standard InChI is InChI=1S/C8H12F2N2O/c1-6(4-11)12-3-2-7(5-12)13-8(9)10/h6-8H,2-3,5H2,1H3/t6?,7-/m0/s1. The zero-order chi connectivity index (χ0) is 9.84. The summed E-state index contributed by atoms with van der Waals surface area (Å²) in [5, 5.41) is 8.58. The highest BCUT2D eigenvalue weighted by atomic mass is 19.3. The van der Waals surface area contributed by atoms with Gasteiger partial charge in [-0.25, -0.2) is 0 Å². The number of rotatable bonds is 3. The molecule has 0 bridgehead atoms. The predicted molar refractivity (Wildman–Crippen MR) is 42.1 cm³/mol. The summed E-state index contributed by atoms with van der Waals surface area (Å²) in [4.78, 5) is 1.84. The van der Waals surface area contributed by atoms with Crippen molar-refractivity contribution in [2.45, 2.75) is 32.1 Å². The molecule has 1 fully saturated rings. The molecule has 0 saturated carbocycles. The van der Waals surface area contributed by atoms with Gasteiger partial charge in [0.05, 0.1) is 18.2 Å². The van der Waals surface area contributed by atoms with Crippen LogP contribution in [0.5, 0.6) is 0 Å². The van der Waals surface area contributed by atoms with E-state index in [0.717, 1.165) is 0 Å². The minimum atomic E-state index is -2.71. The van der Waals surface area contributed by atoms with Crippen LogP contribution in [-0.2, 0) is 4.74 Å². The van der Waals surface area contributed by atoms with Gasteiger partial charge in [0.2, 0.25) is 0 Å². The fraction of sp³-hybridized carbons (Fsp3) is 0.875. The third-order valence-corrected chi connectivity index (χ3v) is 2.21. The van der Waals surface area contributed by atoms with Crippen LogP contribution in [0.15, 0.2) is 0 Å². The lowest BCUT2D eigenvalue weighted by Crippen LogP contribution is -2.31. The highest BCUT2D eigenvalue weighted by Gasteiger charge is 2.28. The van der Waals surface area contributed by atoms with Crippen LogP contribution >= 0.6 is 0 Å². The van der Waals surface area contributed by atoms with Gasteiger partial charge in [0.1, 0.15) is 0 Å². The molecule has 1 saturated heterocycles. The van der Waals surface area contributed by atoms with E-state index in [1.165, 1.54) is 0 Å². The fourth-order valence-electron chi connectivity index (χ4n) is 1.44. The lowest BCUT2D eigenvalue weighted by Gasteiger charge is -2.17. The van der Waals surface area contributed by atoms with Crippen molar-refractivity contribution in [3.05, 3.63) is 0 Å². The van der Waals surface area contributed by atoms with Gasteiger partial charge in [-0.05, 0) is 13.3 Å². The molecule has 1 aliphatic rings. The molecule has 1 rings (SSSR count). The Kier molecular flexibility index (Phi) is 3.58. The van der Waals surface area contributed by atoms with E-state index in [1.54, 1.807) is 6.92 Å². The van der Waals surface area contributed by atoms with Crippen LogP contribution < -0.4 is 0 Å². The minimum absolute atomic E-state index is 0.216. The van der Waals surface area contributed by atoms with Gasteiger partial charge in [-0.1, -0.05) is 0 Å². The van der Waals surface area contributed by atoms with Crippen molar-refractivity contribution in [3.63, 3.8) is 0 Å². The zero-order valence-corrected chi connectivity index (χ0v) is 7.41. The third kappa shape index (κ3) is 2.90. The van der Waals surface area contributed by atoms with Crippen LogP contribution in [0, 0.1) is 11.3 Å². The molecule has 0 amide bonds. The molecule has 0 spiro atoms. The van der Waals surface area contributed by atoms with Gasteiger partial charge in [-0.2, -0.15) is 14.0 Å². The smallest absolute Gasteiger partial charge is 0.318 e. The van der Waals surface area contributed by atoms with E-state index in [9.17, 15) is 8.78 Å². The van der Waals surface area contributed by atoms with Gasteiger partial charge < -0.3 is 4.74 Å². The minimum Gasteiger partial charge on any atom is -0.318 e. The number of nitriles is 1. The summed E-state index contributed by atoms with van der Waals surface area (Å²) in [6, 6.07) is 1.85. The second kappa shape index (κ2) is 4.49. The van der Waals surface area contributed by atoms with Crippen LogP contribution in [0.1, 0.15) is 13.3 Å². The van der Waals surface area contributed by atoms with E-state index in [-0.39, 0.29) is 6.04 Å².